The maximum absolute atomic E-state index is 12.3. The van der Waals surface area contributed by atoms with Gasteiger partial charge in [-0.05, 0) is 30.7 Å². The van der Waals surface area contributed by atoms with Gasteiger partial charge in [-0.25, -0.2) is 4.39 Å². The Kier molecular flexibility index (Phi) is 4.48. The fourth-order valence-corrected chi connectivity index (χ4v) is 0.855. The van der Waals surface area contributed by atoms with E-state index in [2.05, 4.69) is 15.9 Å². The number of benzene rings is 1. The molecule has 0 N–H and O–H groups in total. The van der Waals surface area contributed by atoms with Crippen LogP contribution in [0.25, 0.3) is 0 Å². The van der Waals surface area contributed by atoms with E-state index in [-0.39, 0.29) is 31.7 Å². The molecular weight excluding hydrogens is 207 g/mol. The van der Waals surface area contributed by atoms with E-state index in [1.807, 2.05) is 6.92 Å². The second-order valence-electron chi connectivity index (χ2n) is 1.89. The smallest absolute Gasteiger partial charge is 1.00 e. The number of hydrogen-bond donors (Lipinski definition) is 0. The predicted octanol–water partition coefficient (Wildman–Crippen LogP) is 2.74. The summed E-state index contributed by atoms with van der Waals surface area (Å²) in [4.78, 5) is 0. The summed E-state index contributed by atoms with van der Waals surface area (Å²) < 4.78 is 13.3. The van der Waals surface area contributed by atoms with Crippen molar-refractivity contribution in [3.8, 4) is 0 Å². The van der Waals surface area contributed by atoms with Crippen LogP contribution >= 0.6 is 15.9 Å². The van der Waals surface area contributed by atoms with E-state index in [1.165, 1.54) is 12.1 Å². The van der Waals surface area contributed by atoms with Gasteiger partial charge >= 0.3 is 23.1 Å². The molecule has 1 rings (SSSR count). The van der Waals surface area contributed by atoms with Crippen LogP contribution in [0.3, 0.4) is 0 Å². The molecule has 0 aromatic heterocycles. The second kappa shape index (κ2) is 4.31. The predicted molar refractivity (Wildman–Crippen MR) is 46.8 cm³/mol. The summed E-state index contributed by atoms with van der Waals surface area (Å²) in [6.07, 6.45) is 0. The van der Waals surface area contributed by atoms with Crippen LogP contribution in [0.4, 0.5) is 4.39 Å². The summed E-state index contributed by atoms with van der Waals surface area (Å²) in [5.41, 5.74) is 0.926. The molecule has 0 radical (unpaired) electrons. The molecule has 0 heterocycles. The zero-order valence-electron chi connectivity index (χ0n) is 7.70. The van der Waals surface area contributed by atoms with E-state index < -0.39 is 0 Å². The maximum Gasteiger partial charge on any atom is 2.00 e. The Bertz CT molecular complexity index is 233. The summed E-state index contributed by atoms with van der Waals surface area (Å²) in [5.74, 6) is -0.185. The van der Waals surface area contributed by atoms with Gasteiger partial charge in [0.25, 0.3) is 0 Å². The molecule has 0 fully saturated rings. The van der Waals surface area contributed by atoms with Gasteiger partial charge in [-0.15, -0.1) is 0 Å². The number of rotatable bonds is 0. The Morgan fingerprint density at radius 1 is 1.50 bits per heavy atom. The van der Waals surface area contributed by atoms with Gasteiger partial charge in [0, 0.05) is 4.47 Å². The van der Waals surface area contributed by atoms with Crippen molar-refractivity contribution in [2.24, 2.45) is 0 Å². The van der Waals surface area contributed by atoms with Gasteiger partial charge in [-0.2, -0.15) is 0 Å². The standard InChI is InChI=1S/C7H6BrF.Mg.2H/c1-5-4-6(9)2-3-7(5)8;;;/h2-4H,1H3;;;/q;+2;2*-1. The molecule has 0 saturated heterocycles. The van der Waals surface area contributed by atoms with Crippen LogP contribution in [0.5, 0.6) is 0 Å². The number of halogens is 2. The fourth-order valence-electron chi connectivity index (χ4n) is 0.608. The molecule has 0 atom stereocenters. The maximum atomic E-state index is 12.3. The third-order valence-corrected chi connectivity index (χ3v) is 2.01. The molecular formula is C7H8BrFMg. The van der Waals surface area contributed by atoms with Gasteiger partial charge in [0.15, 0.2) is 0 Å². The summed E-state index contributed by atoms with van der Waals surface area (Å²) in [6.45, 7) is 1.85. The van der Waals surface area contributed by atoms with Gasteiger partial charge in [-0.1, -0.05) is 15.9 Å². The van der Waals surface area contributed by atoms with Gasteiger partial charge in [0.1, 0.15) is 5.82 Å². The van der Waals surface area contributed by atoms with Crippen molar-refractivity contribution >= 4 is 39.0 Å². The molecule has 52 valence electrons. The second-order valence-corrected chi connectivity index (χ2v) is 2.75. The van der Waals surface area contributed by atoms with Crippen molar-refractivity contribution in [3.63, 3.8) is 0 Å². The quantitative estimate of drug-likeness (QED) is 0.584. The topological polar surface area (TPSA) is 0 Å². The molecule has 0 nitrogen and oxygen atoms in total. The molecule has 0 spiro atoms. The van der Waals surface area contributed by atoms with Crippen LogP contribution in [-0.2, 0) is 0 Å². The molecule has 0 bridgehead atoms. The fraction of sp³-hybridized carbons (Fsp3) is 0.143. The van der Waals surface area contributed by atoms with Crippen molar-refractivity contribution in [2.45, 2.75) is 6.92 Å². The molecule has 0 amide bonds. The summed E-state index contributed by atoms with van der Waals surface area (Å²) in [7, 11) is 0. The zero-order valence-corrected chi connectivity index (χ0v) is 8.70. The average Bonchev–Trinajstić information content (AvgIpc) is 1.80. The van der Waals surface area contributed by atoms with Crippen LogP contribution in [0.2, 0.25) is 0 Å². The molecule has 3 heteroatoms. The van der Waals surface area contributed by atoms with Crippen LogP contribution < -0.4 is 0 Å². The first-order chi connectivity index (χ1) is 4.20. The molecule has 1 aromatic rings. The van der Waals surface area contributed by atoms with E-state index in [0.717, 1.165) is 10.0 Å². The van der Waals surface area contributed by atoms with E-state index in [1.54, 1.807) is 6.07 Å². The Morgan fingerprint density at radius 3 is 2.50 bits per heavy atom. The number of aryl methyl sites for hydroxylation is 1. The Morgan fingerprint density at radius 2 is 2.10 bits per heavy atom. The normalized spacial score (nSPS) is 8.70. The van der Waals surface area contributed by atoms with E-state index >= 15 is 0 Å². The molecule has 10 heavy (non-hydrogen) atoms. The minimum atomic E-state index is -0.185. The van der Waals surface area contributed by atoms with Gasteiger partial charge in [0.05, 0.1) is 0 Å². The van der Waals surface area contributed by atoms with Crippen LogP contribution in [0.1, 0.15) is 8.42 Å². The molecule has 0 aliphatic carbocycles. The molecule has 0 unspecified atom stereocenters. The summed E-state index contributed by atoms with van der Waals surface area (Å²) in [5, 5.41) is 0. The third kappa shape index (κ3) is 2.56. The van der Waals surface area contributed by atoms with Crippen molar-refractivity contribution in [1.82, 2.24) is 0 Å². The van der Waals surface area contributed by atoms with Crippen LogP contribution in [0.15, 0.2) is 22.7 Å². The molecule has 0 saturated carbocycles. The zero-order chi connectivity index (χ0) is 6.85. The van der Waals surface area contributed by atoms with E-state index in [0.29, 0.717) is 0 Å². The minimum absolute atomic E-state index is 0. The Labute approximate surface area is 87.1 Å². The largest absolute Gasteiger partial charge is 2.00 e. The Balaban J connectivity index is -0.000000270. The van der Waals surface area contributed by atoms with Gasteiger partial charge < -0.3 is 2.85 Å². The summed E-state index contributed by atoms with van der Waals surface area (Å²) >= 11 is 3.26. The molecule has 0 aliphatic heterocycles. The average molecular weight is 215 g/mol. The van der Waals surface area contributed by atoms with Crippen molar-refractivity contribution < 1.29 is 7.24 Å². The minimum Gasteiger partial charge on any atom is -1.00 e. The summed E-state index contributed by atoms with van der Waals surface area (Å²) in [6, 6.07) is 4.62. The monoisotopic (exact) mass is 214 g/mol. The third-order valence-electron chi connectivity index (χ3n) is 1.12. The van der Waals surface area contributed by atoms with Crippen molar-refractivity contribution in [1.29, 1.82) is 0 Å². The first-order valence-electron chi connectivity index (χ1n) is 2.62. The van der Waals surface area contributed by atoms with Gasteiger partial charge in [0.2, 0.25) is 0 Å². The Hall–Kier alpha value is 0.396. The first kappa shape index (κ1) is 10.4. The van der Waals surface area contributed by atoms with E-state index in [9.17, 15) is 4.39 Å². The van der Waals surface area contributed by atoms with Crippen LogP contribution in [-0.4, -0.2) is 23.1 Å². The van der Waals surface area contributed by atoms with Gasteiger partial charge in [-0.3, -0.25) is 0 Å². The van der Waals surface area contributed by atoms with Crippen molar-refractivity contribution in [2.75, 3.05) is 0 Å². The SMILES string of the molecule is Cc1cc(F)ccc1Br.[H-].[H-].[Mg+2]. The molecule has 0 aliphatic rings. The molecule has 1 aromatic carbocycles. The van der Waals surface area contributed by atoms with Crippen molar-refractivity contribution in [3.05, 3.63) is 34.1 Å². The van der Waals surface area contributed by atoms with E-state index in [4.69, 9.17) is 0 Å². The number of hydrogen-bond acceptors (Lipinski definition) is 0. The first-order valence-corrected chi connectivity index (χ1v) is 3.41. The van der Waals surface area contributed by atoms with Crippen LogP contribution in [0, 0.1) is 12.7 Å².